The van der Waals surface area contributed by atoms with Gasteiger partial charge in [-0.3, -0.25) is 4.98 Å². The van der Waals surface area contributed by atoms with Gasteiger partial charge >= 0.3 is 0 Å². The number of hydrogen-bond donors (Lipinski definition) is 0. The molecule has 1 heterocycles. The highest BCUT2D eigenvalue weighted by molar-refractivity contribution is 5.91. The maximum Gasteiger partial charge on any atom is 0.0998 e. The zero-order valence-corrected chi connectivity index (χ0v) is 15.0. The van der Waals surface area contributed by atoms with Crippen LogP contribution >= 0.6 is 0 Å². The average Bonchev–Trinajstić information content (AvgIpc) is 2.77. The zero-order valence-electron chi connectivity index (χ0n) is 15.0. The summed E-state index contributed by atoms with van der Waals surface area (Å²) in [7, 11) is 0. The highest BCUT2D eigenvalue weighted by Crippen LogP contribution is 2.21. The van der Waals surface area contributed by atoms with E-state index in [0.717, 1.165) is 27.8 Å². The lowest BCUT2D eigenvalue weighted by Gasteiger charge is -2.02. The first kappa shape index (κ1) is 18.4. The van der Waals surface area contributed by atoms with Crippen molar-refractivity contribution in [1.82, 2.24) is 4.98 Å². The Balaban J connectivity index is 1.86. The Morgan fingerprint density at radius 3 is 1.61 bits per heavy atom. The summed E-state index contributed by atoms with van der Waals surface area (Å²) in [6.07, 6.45) is 12.3. The Labute approximate surface area is 164 Å². The van der Waals surface area contributed by atoms with Crippen molar-refractivity contribution in [3.05, 3.63) is 101 Å². The van der Waals surface area contributed by atoms with E-state index < -0.39 is 0 Å². The molecule has 0 N–H and O–H groups in total. The number of allylic oxidation sites excluding steroid dienone is 2. The molecule has 2 aromatic carbocycles. The molecule has 0 spiro atoms. The van der Waals surface area contributed by atoms with Gasteiger partial charge in [-0.05, 0) is 58.7 Å². The number of aromatic nitrogens is 1. The standard InChI is InChI=1S/C25H15N3/c1-2-19-7-9-22(10-8-19)24(17-26)15-20-3-5-21(6-4-20)16-25(18-27)23-11-13-28-14-12-23/h1,3-16H. The van der Waals surface area contributed by atoms with E-state index in [4.69, 9.17) is 6.42 Å². The monoisotopic (exact) mass is 357 g/mol. The van der Waals surface area contributed by atoms with Crippen LogP contribution in [0.5, 0.6) is 0 Å². The van der Waals surface area contributed by atoms with E-state index in [1.165, 1.54) is 0 Å². The minimum Gasteiger partial charge on any atom is -0.265 e. The van der Waals surface area contributed by atoms with Gasteiger partial charge in [0.15, 0.2) is 0 Å². The number of rotatable bonds is 4. The molecule has 3 aromatic rings. The number of benzene rings is 2. The maximum atomic E-state index is 9.49. The number of pyridine rings is 1. The smallest absolute Gasteiger partial charge is 0.0998 e. The molecule has 130 valence electrons. The van der Waals surface area contributed by atoms with Gasteiger partial charge in [0.1, 0.15) is 0 Å². The quantitative estimate of drug-likeness (QED) is 0.367. The van der Waals surface area contributed by atoms with Gasteiger partial charge in [-0.2, -0.15) is 10.5 Å². The Bertz CT molecular complexity index is 1150. The average molecular weight is 357 g/mol. The van der Waals surface area contributed by atoms with E-state index in [0.29, 0.717) is 11.1 Å². The minimum absolute atomic E-state index is 0.557. The van der Waals surface area contributed by atoms with Crippen molar-refractivity contribution >= 4 is 23.3 Å². The molecule has 3 heteroatoms. The Morgan fingerprint density at radius 1 is 0.714 bits per heavy atom. The summed E-state index contributed by atoms with van der Waals surface area (Å²) < 4.78 is 0. The van der Waals surface area contributed by atoms with Crippen LogP contribution in [0, 0.1) is 35.0 Å². The van der Waals surface area contributed by atoms with Crippen molar-refractivity contribution in [2.45, 2.75) is 0 Å². The lowest BCUT2D eigenvalue weighted by Crippen LogP contribution is -1.84. The third-order valence-electron chi connectivity index (χ3n) is 4.15. The summed E-state index contributed by atoms with van der Waals surface area (Å²) in [5.41, 5.74) is 5.34. The first-order valence-corrected chi connectivity index (χ1v) is 8.54. The van der Waals surface area contributed by atoms with E-state index in [-0.39, 0.29) is 0 Å². The first-order valence-electron chi connectivity index (χ1n) is 8.54. The SMILES string of the molecule is C#Cc1ccc(C(C#N)=Cc2ccc(C=C(C#N)c3ccncc3)cc2)cc1. The maximum absolute atomic E-state index is 9.49. The van der Waals surface area contributed by atoms with Crippen LogP contribution in [0.15, 0.2) is 73.1 Å². The highest BCUT2D eigenvalue weighted by atomic mass is 14.6. The molecular formula is C25H15N3. The normalized spacial score (nSPS) is 11.2. The van der Waals surface area contributed by atoms with Crippen LogP contribution in [-0.4, -0.2) is 4.98 Å². The van der Waals surface area contributed by atoms with Gasteiger partial charge in [0, 0.05) is 18.0 Å². The second kappa shape index (κ2) is 8.81. The number of nitrogens with zero attached hydrogens (tertiary/aromatic N) is 3. The van der Waals surface area contributed by atoms with Crippen molar-refractivity contribution < 1.29 is 0 Å². The molecule has 0 unspecified atom stereocenters. The predicted octanol–water partition coefficient (Wildman–Crippen LogP) is 5.19. The topological polar surface area (TPSA) is 60.5 Å². The Kier molecular flexibility index (Phi) is 5.79. The second-order valence-corrected chi connectivity index (χ2v) is 5.96. The molecule has 0 amide bonds. The van der Waals surface area contributed by atoms with Crippen LogP contribution in [0.4, 0.5) is 0 Å². The van der Waals surface area contributed by atoms with Crippen LogP contribution < -0.4 is 0 Å². The van der Waals surface area contributed by atoms with Crippen LogP contribution in [0.3, 0.4) is 0 Å². The summed E-state index contributed by atoms with van der Waals surface area (Å²) in [6.45, 7) is 0. The summed E-state index contributed by atoms with van der Waals surface area (Å²) in [6, 6.07) is 23.0. The van der Waals surface area contributed by atoms with E-state index >= 15 is 0 Å². The van der Waals surface area contributed by atoms with Gasteiger partial charge < -0.3 is 0 Å². The van der Waals surface area contributed by atoms with Gasteiger partial charge in [-0.25, -0.2) is 0 Å². The molecule has 3 nitrogen and oxygen atoms in total. The molecule has 1 aromatic heterocycles. The van der Waals surface area contributed by atoms with Crippen molar-refractivity contribution in [2.75, 3.05) is 0 Å². The van der Waals surface area contributed by atoms with Gasteiger partial charge in [-0.15, -0.1) is 6.42 Å². The molecule has 3 rings (SSSR count). The molecule has 0 saturated carbocycles. The molecular weight excluding hydrogens is 342 g/mol. The number of terminal acetylenes is 1. The lowest BCUT2D eigenvalue weighted by atomic mass is 10.0. The van der Waals surface area contributed by atoms with Gasteiger partial charge in [0.05, 0.1) is 23.3 Å². The largest absolute Gasteiger partial charge is 0.265 e. The van der Waals surface area contributed by atoms with Crippen molar-refractivity contribution in [3.8, 4) is 24.5 Å². The summed E-state index contributed by atoms with van der Waals surface area (Å²) in [5.74, 6) is 2.56. The fraction of sp³-hybridized carbons (Fsp3) is 0. The summed E-state index contributed by atoms with van der Waals surface area (Å²) in [4.78, 5) is 3.97. The molecule has 28 heavy (non-hydrogen) atoms. The van der Waals surface area contributed by atoms with Crippen molar-refractivity contribution in [3.63, 3.8) is 0 Å². The molecule has 0 atom stereocenters. The van der Waals surface area contributed by atoms with Gasteiger partial charge in [-0.1, -0.05) is 42.3 Å². The fourth-order valence-electron chi connectivity index (χ4n) is 2.66. The van der Waals surface area contributed by atoms with E-state index in [2.05, 4.69) is 23.0 Å². The molecule has 0 saturated heterocycles. The summed E-state index contributed by atoms with van der Waals surface area (Å²) in [5, 5.41) is 18.9. The van der Waals surface area contributed by atoms with Crippen molar-refractivity contribution in [1.29, 1.82) is 10.5 Å². The van der Waals surface area contributed by atoms with Crippen molar-refractivity contribution in [2.24, 2.45) is 0 Å². The molecule has 0 bridgehead atoms. The molecule has 0 aliphatic carbocycles. The fourth-order valence-corrected chi connectivity index (χ4v) is 2.66. The van der Waals surface area contributed by atoms with E-state index in [1.807, 2.05) is 60.7 Å². The van der Waals surface area contributed by atoms with Gasteiger partial charge in [0.2, 0.25) is 0 Å². The van der Waals surface area contributed by atoms with E-state index in [1.54, 1.807) is 24.5 Å². The minimum atomic E-state index is 0.557. The summed E-state index contributed by atoms with van der Waals surface area (Å²) >= 11 is 0. The third-order valence-corrected chi connectivity index (χ3v) is 4.15. The first-order chi connectivity index (χ1) is 13.7. The van der Waals surface area contributed by atoms with Gasteiger partial charge in [0.25, 0.3) is 0 Å². The Hall–Kier alpha value is -4.39. The second-order valence-electron chi connectivity index (χ2n) is 5.96. The van der Waals surface area contributed by atoms with E-state index in [9.17, 15) is 10.5 Å². The zero-order chi connectivity index (χ0) is 19.8. The number of nitriles is 2. The highest BCUT2D eigenvalue weighted by Gasteiger charge is 2.03. The third kappa shape index (κ3) is 4.41. The molecule has 0 fully saturated rings. The molecule has 0 aliphatic rings. The van der Waals surface area contributed by atoms with Crippen LogP contribution in [0.2, 0.25) is 0 Å². The van der Waals surface area contributed by atoms with Crippen LogP contribution in [0.25, 0.3) is 23.3 Å². The predicted molar refractivity (Wildman–Crippen MR) is 112 cm³/mol. The number of hydrogen-bond acceptors (Lipinski definition) is 3. The van der Waals surface area contributed by atoms with Crippen LogP contribution in [0.1, 0.15) is 27.8 Å². The lowest BCUT2D eigenvalue weighted by molar-refractivity contribution is 1.32. The Morgan fingerprint density at radius 2 is 1.18 bits per heavy atom. The molecule has 0 radical (unpaired) electrons. The molecule has 0 aliphatic heterocycles. The van der Waals surface area contributed by atoms with Crippen LogP contribution in [-0.2, 0) is 0 Å².